The lowest BCUT2D eigenvalue weighted by Gasteiger charge is -2.03. The number of nitrogens with one attached hydrogen (secondary N) is 1. The number of hydrogen-bond acceptors (Lipinski definition) is 5. The van der Waals surface area contributed by atoms with Gasteiger partial charge in [0.25, 0.3) is 5.69 Å². The van der Waals surface area contributed by atoms with Gasteiger partial charge in [0.15, 0.2) is 0 Å². The van der Waals surface area contributed by atoms with E-state index in [4.69, 9.17) is 0 Å². The molecule has 2 aromatic rings. The molecule has 0 fully saturated rings. The Bertz CT molecular complexity index is 539. The van der Waals surface area contributed by atoms with E-state index in [0.29, 0.717) is 6.54 Å². The average Bonchev–Trinajstić information content (AvgIpc) is 2.73. The number of benzene rings is 1. The zero-order chi connectivity index (χ0) is 12.3. The summed E-state index contributed by atoms with van der Waals surface area (Å²) in [6, 6.07) is 6.44. The van der Waals surface area contributed by atoms with Crippen LogP contribution in [-0.4, -0.2) is 9.91 Å². The Morgan fingerprint density at radius 2 is 2.35 bits per heavy atom. The molecule has 88 valence electrons. The number of rotatable bonds is 4. The number of hydrogen-bond donors (Lipinski definition) is 1. The van der Waals surface area contributed by atoms with E-state index in [1.807, 2.05) is 12.3 Å². The average molecular weight is 249 g/mol. The molecule has 0 aliphatic rings. The van der Waals surface area contributed by atoms with Crippen molar-refractivity contribution in [3.05, 3.63) is 50.5 Å². The highest BCUT2D eigenvalue weighted by Gasteiger charge is 2.05. The van der Waals surface area contributed by atoms with Crippen LogP contribution in [-0.2, 0) is 6.54 Å². The summed E-state index contributed by atoms with van der Waals surface area (Å²) in [5.41, 5.74) is 1.76. The Morgan fingerprint density at radius 1 is 1.53 bits per heavy atom. The molecule has 6 heteroatoms. The van der Waals surface area contributed by atoms with Crippen LogP contribution in [0.3, 0.4) is 0 Å². The second kappa shape index (κ2) is 4.92. The van der Waals surface area contributed by atoms with Gasteiger partial charge in [-0.15, -0.1) is 11.3 Å². The van der Waals surface area contributed by atoms with Crippen LogP contribution in [0.15, 0.2) is 29.6 Å². The van der Waals surface area contributed by atoms with Crippen molar-refractivity contribution in [3.63, 3.8) is 0 Å². The van der Waals surface area contributed by atoms with Crippen molar-refractivity contribution in [3.8, 4) is 0 Å². The van der Waals surface area contributed by atoms with E-state index in [1.165, 1.54) is 12.1 Å². The van der Waals surface area contributed by atoms with Gasteiger partial charge in [-0.1, -0.05) is 6.07 Å². The molecular weight excluding hydrogens is 238 g/mol. The highest BCUT2D eigenvalue weighted by Crippen LogP contribution is 2.18. The fraction of sp³-hybridized carbons (Fsp3) is 0.182. The Kier molecular flexibility index (Phi) is 3.34. The zero-order valence-electron chi connectivity index (χ0n) is 9.21. The van der Waals surface area contributed by atoms with Crippen LogP contribution in [0, 0.1) is 17.0 Å². The lowest BCUT2D eigenvalue weighted by atomic mass is 10.3. The van der Waals surface area contributed by atoms with Crippen molar-refractivity contribution in [1.82, 2.24) is 4.98 Å². The molecule has 1 N–H and O–H groups in total. The van der Waals surface area contributed by atoms with Gasteiger partial charge in [-0.2, -0.15) is 0 Å². The number of aryl methyl sites for hydroxylation is 1. The van der Waals surface area contributed by atoms with E-state index < -0.39 is 4.92 Å². The smallest absolute Gasteiger partial charge is 0.271 e. The van der Waals surface area contributed by atoms with Crippen LogP contribution in [0.1, 0.15) is 10.7 Å². The SMILES string of the molecule is Cc1nc(CNc2cccc([N+](=O)[O-])c2)cs1. The standard InChI is InChI=1S/C11H11N3O2S/c1-8-13-10(7-17-8)6-12-9-3-2-4-11(5-9)14(15)16/h2-5,7,12H,6H2,1H3. The van der Waals surface area contributed by atoms with Crippen LogP contribution in [0.4, 0.5) is 11.4 Å². The van der Waals surface area contributed by atoms with Gasteiger partial charge in [0.1, 0.15) is 0 Å². The maximum absolute atomic E-state index is 10.6. The number of nitro groups is 1. The lowest BCUT2D eigenvalue weighted by molar-refractivity contribution is -0.384. The first-order chi connectivity index (χ1) is 8.15. The van der Waals surface area contributed by atoms with Gasteiger partial charge in [0, 0.05) is 23.2 Å². The lowest BCUT2D eigenvalue weighted by Crippen LogP contribution is -2.00. The van der Waals surface area contributed by atoms with Crippen molar-refractivity contribution in [2.24, 2.45) is 0 Å². The number of non-ortho nitro benzene ring substituents is 1. The highest BCUT2D eigenvalue weighted by molar-refractivity contribution is 7.09. The second-order valence-electron chi connectivity index (χ2n) is 3.52. The second-order valence-corrected chi connectivity index (χ2v) is 4.58. The number of anilines is 1. The van der Waals surface area contributed by atoms with E-state index in [-0.39, 0.29) is 5.69 Å². The monoisotopic (exact) mass is 249 g/mol. The van der Waals surface area contributed by atoms with Gasteiger partial charge in [-0.3, -0.25) is 10.1 Å². The molecule has 2 rings (SSSR count). The Hall–Kier alpha value is -1.95. The third kappa shape index (κ3) is 3.01. The molecule has 0 aliphatic carbocycles. The fourth-order valence-corrected chi connectivity index (χ4v) is 2.02. The van der Waals surface area contributed by atoms with Crippen molar-refractivity contribution in [1.29, 1.82) is 0 Å². The summed E-state index contributed by atoms with van der Waals surface area (Å²) in [6.07, 6.45) is 0. The minimum atomic E-state index is -0.405. The van der Waals surface area contributed by atoms with Crippen molar-refractivity contribution in [2.45, 2.75) is 13.5 Å². The van der Waals surface area contributed by atoms with Crippen LogP contribution in [0.5, 0.6) is 0 Å². The summed E-state index contributed by atoms with van der Waals surface area (Å²) in [6.45, 7) is 2.52. The summed E-state index contributed by atoms with van der Waals surface area (Å²) in [7, 11) is 0. The maximum Gasteiger partial charge on any atom is 0.271 e. The number of nitro benzene ring substituents is 1. The fourth-order valence-electron chi connectivity index (χ4n) is 1.41. The summed E-state index contributed by atoms with van der Waals surface area (Å²) in [5, 5.41) is 16.7. The van der Waals surface area contributed by atoms with Crippen molar-refractivity contribution < 1.29 is 4.92 Å². The van der Waals surface area contributed by atoms with E-state index in [1.54, 1.807) is 23.5 Å². The molecule has 1 aromatic carbocycles. The van der Waals surface area contributed by atoms with E-state index in [0.717, 1.165) is 16.4 Å². The molecule has 1 heterocycles. The number of nitrogens with zero attached hydrogens (tertiary/aromatic N) is 2. The first-order valence-electron chi connectivity index (χ1n) is 5.04. The molecule has 5 nitrogen and oxygen atoms in total. The first-order valence-corrected chi connectivity index (χ1v) is 5.92. The molecule has 17 heavy (non-hydrogen) atoms. The van der Waals surface area contributed by atoms with E-state index >= 15 is 0 Å². The van der Waals surface area contributed by atoms with Gasteiger partial charge in [0.05, 0.1) is 22.2 Å². The van der Waals surface area contributed by atoms with E-state index in [9.17, 15) is 10.1 Å². The molecule has 0 spiro atoms. The zero-order valence-corrected chi connectivity index (χ0v) is 10.0. The van der Waals surface area contributed by atoms with E-state index in [2.05, 4.69) is 10.3 Å². The van der Waals surface area contributed by atoms with Gasteiger partial charge in [-0.05, 0) is 13.0 Å². The van der Waals surface area contributed by atoms with Gasteiger partial charge < -0.3 is 5.32 Å². The number of thiazole rings is 1. The minimum Gasteiger partial charge on any atom is -0.379 e. The Labute approximate surface area is 102 Å². The van der Waals surface area contributed by atoms with Crippen molar-refractivity contribution >= 4 is 22.7 Å². The molecule has 0 radical (unpaired) electrons. The quantitative estimate of drug-likeness (QED) is 0.668. The third-order valence-electron chi connectivity index (χ3n) is 2.20. The van der Waals surface area contributed by atoms with Crippen LogP contribution in [0.25, 0.3) is 0 Å². The molecule has 0 bridgehead atoms. The summed E-state index contributed by atoms with van der Waals surface area (Å²) >= 11 is 1.59. The van der Waals surface area contributed by atoms with Crippen molar-refractivity contribution in [2.75, 3.05) is 5.32 Å². The van der Waals surface area contributed by atoms with Gasteiger partial charge >= 0.3 is 0 Å². The van der Waals surface area contributed by atoms with Crippen LogP contribution >= 0.6 is 11.3 Å². The van der Waals surface area contributed by atoms with Crippen LogP contribution < -0.4 is 5.32 Å². The molecular formula is C11H11N3O2S. The maximum atomic E-state index is 10.6. The molecule has 1 aromatic heterocycles. The van der Waals surface area contributed by atoms with Crippen LogP contribution in [0.2, 0.25) is 0 Å². The minimum absolute atomic E-state index is 0.0875. The topological polar surface area (TPSA) is 68.1 Å². The normalized spacial score (nSPS) is 10.2. The largest absolute Gasteiger partial charge is 0.379 e. The predicted octanol–water partition coefficient (Wildman–Crippen LogP) is 2.97. The summed E-state index contributed by atoms with van der Waals surface area (Å²) < 4.78 is 0. The van der Waals surface area contributed by atoms with Gasteiger partial charge in [-0.25, -0.2) is 4.98 Å². The summed E-state index contributed by atoms with van der Waals surface area (Å²) in [5.74, 6) is 0. The molecule has 0 atom stereocenters. The number of aromatic nitrogens is 1. The third-order valence-corrected chi connectivity index (χ3v) is 3.02. The molecule has 0 aliphatic heterocycles. The highest BCUT2D eigenvalue weighted by atomic mass is 32.1. The predicted molar refractivity (Wildman–Crippen MR) is 67.3 cm³/mol. The first kappa shape index (κ1) is 11.5. The molecule has 0 saturated carbocycles. The molecule has 0 saturated heterocycles. The molecule has 0 amide bonds. The summed E-state index contributed by atoms with van der Waals surface area (Å²) in [4.78, 5) is 14.5. The van der Waals surface area contributed by atoms with Gasteiger partial charge in [0.2, 0.25) is 0 Å². The Balaban J connectivity index is 2.04. The molecule has 0 unspecified atom stereocenters. The Morgan fingerprint density at radius 3 is 3.00 bits per heavy atom.